The molecule has 1 aliphatic rings. The van der Waals surface area contributed by atoms with E-state index in [1.54, 1.807) is 67.0 Å². The Morgan fingerprint density at radius 2 is 1.06 bits per heavy atom. The molecule has 268 valence electrons. The van der Waals surface area contributed by atoms with Crippen molar-refractivity contribution in [1.29, 1.82) is 0 Å². The van der Waals surface area contributed by atoms with Gasteiger partial charge in [-0.15, -0.1) is 0 Å². The van der Waals surface area contributed by atoms with E-state index < -0.39 is 32.2 Å². The van der Waals surface area contributed by atoms with Gasteiger partial charge < -0.3 is 5.11 Å². The van der Waals surface area contributed by atoms with E-state index in [-0.39, 0.29) is 0 Å². The SMILES string of the molecule is O=C(O)C(F)(F)F.O=S(=O)(c1ccccc1)n1ccc2c(CBr)cccc21.O=S(=O)(c1ccccc1)n1ccc2c(CN3CCCC3)cccc21. The van der Waals surface area contributed by atoms with Crippen LogP contribution >= 0.6 is 15.9 Å². The van der Waals surface area contributed by atoms with Crippen LogP contribution in [0.4, 0.5) is 13.2 Å². The highest BCUT2D eigenvalue weighted by Gasteiger charge is 2.38. The number of carbonyl (C=O) groups is 1. The average Bonchev–Trinajstić information content (AvgIpc) is 3.90. The first-order valence-electron chi connectivity index (χ1n) is 15.6. The van der Waals surface area contributed by atoms with E-state index in [0.717, 1.165) is 41.5 Å². The average molecular weight is 805 g/mol. The maximum Gasteiger partial charge on any atom is 0.490 e. The zero-order valence-corrected chi connectivity index (χ0v) is 30.2. The van der Waals surface area contributed by atoms with E-state index >= 15 is 0 Å². The number of aromatic nitrogens is 2. The summed E-state index contributed by atoms with van der Waals surface area (Å²) in [6.07, 6.45) is 0.693. The third-order valence-electron chi connectivity index (χ3n) is 8.15. The Morgan fingerprint density at radius 3 is 1.47 bits per heavy atom. The summed E-state index contributed by atoms with van der Waals surface area (Å²) < 4.78 is 85.6. The first-order chi connectivity index (χ1) is 24.2. The van der Waals surface area contributed by atoms with Crippen LogP contribution in [0.1, 0.15) is 24.0 Å². The number of rotatable bonds is 7. The number of carboxylic acid groups (broad SMARTS) is 1. The Bertz CT molecular complexity index is 2340. The van der Waals surface area contributed by atoms with Gasteiger partial charge in [0.05, 0.1) is 20.8 Å². The third-order valence-corrected chi connectivity index (χ3v) is 12.2. The van der Waals surface area contributed by atoms with Crippen LogP contribution < -0.4 is 0 Å². The van der Waals surface area contributed by atoms with Gasteiger partial charge in [0.2, 0.25) is 0 Å². The van der Waals surface area contributed by atoms with Gasteiger partial charge in [-0.2, -0.15) is 13.2 Å². The summed E-state index contributed by atoms with van der Waals surface area (Å²) in [6, 6.07) is 32.4. The largest absolute Gasteiger partial charge is 0.490 e. The van der Waals surface area contributed by atoms with Crippen LogP contribution in [-0.2, 0) is 36.7 Å². The molecule has 1 saturated heterocycles. The molecule has 0 spiro atoms. The molecule has 1 aliphatic heterocycles. The van der Waals surface area contributed by atoms with E-state index in [9.17, 15) is 30.0 Å². The first kappa shape index (κ1) is 37.8. The Hall–Kier alpha value is -4.44. The van der Waals surface area contributed by atoms with Gasteiger partial charge in [-0.1, -0.05) is 76.6 Å². The number of alkyl halides is 4. The highest BCUT2D eigenvalue weighted by Crippen LogP contribution is 2.28. The number of aliphatic carboxylic acids is 1. The van der Waals surface area contributed by atoms with Gasteiger partial charge in [0.1, 0.15) is 0 Å². The molecule has 2 aromatic heterocycles. The highest BCUT2D eigenvalue weighted by atomic mass is 79.9. The lowest BCUT2D eigenvalue weighted by Crippen LogP contribution is -2.21. The molecule has 0 atom stereocenters. The van der Waals surface area contributed by atoms with E-state index in [0.29, 0.717) is 20.6 Å². The maximum atomic E-state index is 12.9. The fraction of sp³-hybridized carbons (Fsp3) is 0.194. The number of hydrogen-bond acceptors (Lipinski definition) is 6. The predicted octanol–water partition coefficient (Wildman–Crippen LogP) is 7.88. The highest BCUT2D eigenvalue weighted by molar-refractivity contribution is 9.08. The predicted molar refractivity (Wildman–Crippen MR) is 193 cm³/mol. The van der Waals surface area contributed by atoms with Crippen LogP contribution in [0.5, 0.6) is 0 Å². The molecular formula is C36H33BrF3N3O6S2. The zero-order chi connectivity index (χ0) is 36.8. The van der Waals surface area contributed by atoms with Gasteiger partial charge in [0.15, 0.2) is 0 Å². The minimum Gasteiger partial charge on any atom is -0.475 e. The topological polar surface area (TPSA) is 119 Å². The lowest BCUT2D eigenvalue weighted by molar-refractivity contribution is -0.192. The van der Waals surface area contributed by atoms with Crippen LogP contribution in [-0.4, -0.2) is 60.0 Å². The fourth-order valence-corrected chi connectivity index (χ4v) is 8.90. The van der Waals surface area contributed by atoms with Crippen molar-refractivity contribution in [3.05, 3.63) is 133 Å². The second-order valence-electron chi connectivity index (χ2n) is 11.5. The summed E-state index contributed by atoms with van der Waals surface area (Å²) in [6.45, 7) is 3.13. The number of benzene rings is 4. The second kappa shape index (κ2) is 15.8. The number of fused-ring (bicyclic) bond motifs is 2. The number of likely N-dealkylation sites (tertiary alicyclic amines) is 1. The van der Waals surface area contributed by atoms with Gasteiger partial charge in [0.25, 0.3) is 20.0 Å². The summed E-state index contributed by atoms with van der Waals surface area (Å²) in [4.78, 5) is 11.9. The van der Waals surface area contributed by atoms with Crippen molar-refractivity contribution in [2.24, 2.45) is 0 Å². The molecule has 15 heteroatoms. The molecule has 0 amide bonds. The molecule has 0 bridgehead atoms. The Balaban J connectivity index is 0.000000169. The Morgan fingerprint density at radius 1 is 0.647 bits per heavy atom. The zero-order valence-electron chi connectivity index (χ0n) is 26.9. The van der Waals surface area contributed by atoms with Crippen molar-refractivity contribution in [3.8, 4) is 0 Å². The number of hydrogen-bond donors (Lipinski definition) is 1. The molecule has 3 heterocycles. The molecular weight excluding hydrogens is 771 g/mol. The first-order valence-corrected chi connectivity index (χ1v) is 19.6. The van der Waals surface area contributed by atoms with Crippen molar-refractivity contribution in [3.63, 3.8) is 0 Å². The van der Waals surface area contributed by atoms with Crippen molar-refractivity contribution in [2.45, 2.75) is 40.7 Å². The molecule has 1 N–H and O–H groups in total. The van der Waals surface area contributed by atoms with Crippen molar-refractivity contribution < 1.29 is 39.9 Å². The molecule has 4 aromatic carbocycles. The molecule has 7 rings (SSSR count). The molecule has 1 fully saturated rings. The summed E-state index contributed by atoms with van der Waals surface area (Å²) in [5.41, 5.74) is 3.71. The molecule has 0 aliphatic carbocycles. The van der Waals surface area contributed by atoms with Gasteiger partial charge >= 0.3 is 12.1 Å². The lowest BCUT2D eigenvalue weighted by atomic mass is 10.1. The van der Waals surface area contributed by atoms with Crippen molar-refractivity contribution in [1.82, 2.24) is 12.8 Å². The minimum atomic E-state index is -5.08. The molecule has 6 aromatic rings. The van der Waals surface area contributed by atoms with Gasteiger partial charge in [0, 0.05) is 35.0 Å². The third kappa shape index (κ3) is 8.55. The van der Waals surface area contributed by atoms with Gasteiger partial charge in [-0.25, -0.2) is 29.6 Å². The monoisotopic (exact) mass is 803 g/mol. The summed E-state index contributed by atoms with van der Waals surface area (Å²) in [5.74, 6) is -2.76. The normalized spacial score (nSPS) is 13.7. The Kier molecular flexibility index (Phi) is 11.7. The smallest absolute Gasteiger partial charge is 0.475 e. The van der Waals surface area contributed by atoms with E-state index in [1.165, 1.54) is 26.3 Å². The van der Waals surface area contributed by atoms with E-state index in [1.807, 2.05) is 48.5 Å². The van der Waals surface area contributed by atoms with Gasteiger partial charge in [-0.3, -0.25) is 4.90 Å². The fourth-order valence-electron chi connectivity index (χ4n) is 5.68. The molecule has 0 saturated carbocycles. The van der Waals surface area contributed by atoms with E-state index in [4.69, 9.17) is 9.90 Å². The molecule has 0 unspecified atom stereocenters. The second-order valence-corrected chi connectivity index (χ2v) is 15.7. The minimum absolute atomic E-state index is 0.293. The molecule has 51 heavy (non-hydrogen) atoms. The quantitative estimate of drug-likeness (QED) is 0.163. The molecule has 9 nitrogen and oxygen atoms in total. The van der Waals surface area contributed by atoms with Crippen LogP contribution in [0.15, 0.2) is 131 Å². The van der Waals surface area contributed by atoms with Crippen LogP contribution in [0.3, 0.4) is 0 Å². The lowest BCUT2D eigenvalue weighted by Gasteiger charge is -2.15. The summed E-state index contributed by atoms with van der Waals surface area (Å²) in [7, 11) is -7.11. The number of halogens is 4. The number of nitrogens with zero attached hydrogens (tertiary/aromatic N) is 3. The Labute approximate surface area is 301 Å². The molecule has 0 radical (unpaired) electrons. The number of carboxylic acids is 1. The van der Waals surface area contributed by atoms with Crippen LogP contribution in [0.25, 0.3) is 21.8 Å². The van der Waals surface area contributed by atoms with Crippen LogP contribution in [0, 0.1) is 0 Å². The maximum absolute atomic E-state index is 12.9. The van der Waals surface area contributed by atoms with Crippen molar-refractivity contribution >= 4 is 63.8 Å². The standard InChI is InChI=1S/C19H20N2O2S.C15H12BrNO2S.C2HF3O2/c22-24(23,17-8-2-1-3-9-17)21-14-11-18-16(7-6-10-19(18)21)15-20-12-4-5-13-20;16-11-12-5-4-8-15-14(12)9-10-17(15)20(18,19)13-6-2-1-3-7-13;3-2(4,5)1(6)7/h1-3,6-11,14H,4-5,12-13,15H2;1-10H,11H2;(H,6,7). The van der Waals surface area contributed by atoms with Crippen LogP contribution in [0.2, 0.25) is 0 Å². The summed E-state index contributed by atoms with van der Waals surface area (Å²) >= 11 is 3.42. The van der Waals surface area contributed by atoms with E-state index in [2.05, 4.69) is 26.9 Å². The van der Waals surface area contributed by atoms with Gasteiger partial charge in [-0.05, 0) is 85.6 Å². The summed E-state index contributed by atoms with van der Waals surface area (Å²) in [5, 5.41) is 9.78. The van der Waals surface area contributed by atoms with Crippen molar-refractivity contribution in [2.75, 3.05) is 13.1 Å².